The van der Waals surface area contributed by atoms with Crippen molar-refractivity contribution in [3.63, 3.8) is 0 Å². The second-order valence-electron chi connectivity index (χ2n) is 4.47. The number of benzene rings is 1. The van der Waals surface area contributed by atoms with Gasteiger partial charge in [-0.05, 0) is 24.6 Å². The lowest BCUT2D eigenvalue weighted by Crippen LogP contribution is -2.00. The molecule has 0 atom stereocenters. The summed E-state index contributed by atoms with van der Waals surface area (Å²) in [4.78, 5) is 4.39. The maximum atomic E-state index is 5.21. The Hall–Kier alpha value is -1.62. The fraction of sp³-hybridized carbons (Fsp3) is 0.286. The van der Waals surface area contributed by atoms with Gasteiger partial charge in [0.05, 0.1) is 6.54 Å². The molecule has 19 heavy (non-hydrogen) atoms. The van der Waals surface area contributed by atoms with Gasteiger partial charge in [0.15, 0.2) is 5.82 Å². The smallest absolute Gasteiger partial charge is 0.226 e. The minimum absolute atomic E-state index is 0.632. The van der Waals surface area contributed by atoms with Crippen LogP contribution in [-0.4, -0.2) is 14.7 Å². The van der Waals surface area contributed by atoms with E-state index in [1.807, 2.05) is 18.3 Å². The van der Waals surface area contributed by atoms with Crippen LogP contribution < -0.4 is 0 Å². The molecule has 1 aromatic carbocycles. The van der Waals surface area contributed by atoms with Gasteiger partial charge >= 0.3 is 0 Å². The molecule has 2 heterocycles. The van der Waals surface area contributed by atoms with Crippen LogP contribution in [0.2, 0.25) is 0 Å². The number of hydrogen-bond donors (Lipinski definition) is 0. The van der Waals surface area contributed by atoms with Crippen molar-refractivity contribution < 1.29 is 4.52 Å². The number of fused-ring (bicyclic) bond motifs is 1. The Bertz CT molecular complexity index is 702. The van der Waals surface area contributed by atoms with E-state index in [0.29, 0.717) is 6.54 Å². The van der Waals surface area contributed by atoms with Gasteiger partial charge in [0, 0.05) is 28.0 Å². The fourth-order valence-corrected chi connectivity index (χ4v) is 2.63. The molecule has 5 heteroatoms. The van der Waals surface area contributed by atoms with E-state index in [9.17, 15) is 0 Å². The summed E-state index contributed by atoms with van der Waals surface area (Å²) in [6.07, 6.45) is 3.90. The average molecular weight is 320 g/mol. The summed E-state index contributed by atoms with van der Waals surface area (Å²) in [6.45, 7) is 2.73. The second kappa shape index (κ2) is 5.17. The number of hydrogen-bond acceptors (Lipinski definition) is 3. The zero-order chi connectivity index (χ0) is 13.2. The van der Waals surface area contributed by atoms with Crippen molar-refractivity contribution >= 4 is 26.8 Å². The number of nitrogens with zero attached hydrogens (tertiary/aromatic N) is 3. The van der Waals surface area contributed by atoms with E-state index in [1.165, 1.54) is 5.39 Å². The summed E-state index contributed by atoms with van der Waals surface area (Å²) < 4.78 is 8.43. The predicted molar refractivity (Wildman–Crippen MR) is 77.0 cm³/mol. The molecule has 3 aromatic rings. The highest BCUT2D eigenvalue weighted by atomic mass is 79.9. The molecule has 98 valence electrons. The van der Waals surface area contributed by atoms with E-state index in [-0.39, 0.29) is 0 Å². The minimum Gasteiger partial charge on any atom is -0.340 e. The van der Waals surface area contributed by atoms with Crippen LogP contribution in [0.3, 0.4) is 0 Å². The SMILES string of the molecule is CCCc1nc(Cn2ccc3c(Br)cccc32)no1. The van der Waals surface area contributed by atoms with Gasteiger partial charge in [0.2, 0.25) is 5.89 Å². The molecule has 0 saturated carbocycles. The van der Waals surface area contributed by atoms with Crippen LogP contribution in [0.4, 0.5) is 0 Å². The number of aryl methyl sites for hydroxylation is 1. The molecule has 0 saturated heterocycles. The molecule has 0 N–H and O–H groups in total. The average Bonchev–Trinajstić information content (AvgIpc) is 3.00. The highest BCUT2D eigenvalue weighted by Crippen LogP contribution is 2.25. The number of halogens is 1. The predicted octanol–water partition coefficient (Wildman–Crippen LogP) is 3.79. The molecule has 0 aliphatic rings. The molecule has 0 radical (unpaired) electrons. The summed E-state index contributed by atoms with van der Waals surface area (Å²) in [7, 11) is 0. The molecule has 0 amide bonds. The van der Waals surface area contributed by atoms with Gasteiger partial charge in [-0.15, -0.1) is 0 Å². The van der Waals surface area contributed by atoms with Crippen molar-refractivity contribution in [1.82, 2.24) is 14.7 Å². The third kappa shape index (κ3) is 2.42. The molecule has 0 unspecified atom stereocenters. The third-order valence-corrected chi connectivity index (χ3v) is 3.74. The Morgan fingerprint density at radius 1 is 1.32 bits per heavy atom. The Morgan fingerprint density at radius 2 is 2.21 bits per heavy atom. The molecular weight excluding hydrogens is 306 g/mol. The first-order valence-corrected chi connectivity index (χ1v) is 7.12. The lowest BCUT2D eigenvalue weighted by atomic mass is 10.2. The van der Waals surface area contributed by atoms with Crippen molar-refractivity contribution in [3.05, 3.63) is 46.7 Å². The van der Waals surface area contributed by atoms with E-state index in [2.05, 4.69) is 49.7 Å². The molecule has 0 aliphatic carbocycles. The van der Waals surface area contributed by atoms with Crippen LogP contribution >= 0.6 is 15.9 Å². The van der Waals surface area contributed by atoms with Gasteiger partial charge < -0.3 is 9.09 Å². The van der Waals surface area contributed by atoms with Gasteiger partial charge in [0.1, 0.15) is 0 Å². The second-order valence-corrected chi connectivity index (χ2v) is 5.32. The first kappa shape index (κ1) is 12.4. The monoisotopic (exact) mass is 319 g/mol. The van der Waals surface area contributed by atoms with Crippen LogP contribution in [-0.2, 0) is 13.0 Å². The third-order valence-electron chi connectivity index (χ3n) is 3.05. The molecule has 0 spiro atoms. The highest BCUT2D eigenvalue weighted by Gasteiger charge is 2.09. The molecule has 0 fully saturated rings. The van der Waals surface area contributed by atoms with Crippen molar-refractivity contribution in [2.75, 3.05) is 0 Å². The van der Waals surface area contributed by atoms with Gasteiger partial charge in [-0.3, -0.25) is 0 Å². The zero-order valence-corrected chi connectivity index (χ0v) is 12.2. The quantitative estimate of drug-likeness (QED) is 0.735. The van der Waals surface area contributed by atoms with Crippen LogP contribution in [0.25, 0.3) is 10.9 Å². The maximum absolute atomic E-state index is 5.21. The minimum atomic E-state index is 0.632. The van der Waals surface area contributed by atoms with E-state index >= 15 is 0 Å². The zero-order valence-electron chi connectivity index (χ0n) is 10.6. The van der Waals surface area contributed by atoms with Crippen LogP contribution in [0.15, 0.2) is 39.5 Å². The van der Waals surface area contributed by atoms with Crippen molar-refractivity contribution in [3.8, 4) is 0 Å². The van der Waals surface area contributed by atoms with E-state index in [0.717, 1.165) is 34.5 Å². The summed E-state index contributed by atoms with van der Waals surface area (Å²) in [6, 6.07) is 8.25. The fourth-order valence-electron chi connectivity index (χ4n) is 2.15. The van der Waals surface area contributed by atoms with Gasteiger partial charge in [-0.1, -0.05) is 34.1 Å². The van der Waals surface area contributed by atoms with Crippen molar-refractivity contribution in [2.24, 2.45) is 0 Å². The Kier molecular flexibility index (Phi) is 3.38. The van der Waals surface area contributed by atoms with Crippen LogP contribution in [0, 0.1) is 0 Å². The van der Waals surface area contributed by atoms with E-state index in [1.54, 1.807) is 0 Å². The Labute approximate surface area is 119 Å². The van der Waals surface area contributed by atoms with Crippen molar-refractivity contribution in [2.45, 2.75) is 26.3 Å². The molecule has 0 bridgehead atoms. The van der Waals surface area contributed by atoms with Crippen LogP contribution in [0.5, 0.6) is 0 Å². The Morgan fingerprint density at radius 3 is 3.05 bits per heavy atom. The number of rotatable bonds is 4. The van der Waals surface area contributed by atoms with E-state index in [4.69, 9.17) is 4.52 Å². The van der Waals surface area contributed by atoms with E-state index < -0.39 is 0 Å². The lowest BCUT2D eigenvalue weighted by Gasteiger charge is -2.01. The van der Waals surface area contributed by atoms with Gasteiger partial charge in [-0.2, -0.15) is 4.98 Å². The lowest BCUT2D eigenvalue weighted by molar-refractivity contribution is 0.371. The molecule has 4 nitrogen and oxygen atoms in total. The standard InChI is InChI=1S/C14H14BrN3O/c1-2-4-14-16-13(17-19-14)9-18-8-7-10-11(15)5-3-6-12(10)18/h3,5-8H,2,4,9H2,1H3. The number of aromatic nitrogens is 3. The normalized spacial score (nSPS) is 11.3. The van der Waals surface area contributed by atoms with Crippen LogP contribution in [0.1, 0.15) is 25.1 Å². The first-order valence-electron chi connectivity index (χ1n) is 6.32. The highest BCUT2D eigenvalue weighted by molar-refractivity contribution is 9.10. The molecule has 3 rings (SSSR count). The summed E-state index contributed by atoms with van der Waals surface area (Å²) in [5.74, 6) is 1.44. The molecular formula is C14H14BrN3O. The summed E-state index contributed by atoms with van der Waals surface area (Å²) in [5.41, 5.74) is 1.16. The topological polar surface area (TPSA) is 43.9 Å². The largest absolute Gasteiger partial charge is 0.340 e. The Balaban J connectivity index is 1.90. The van der Waals surface area contributed by atoms with Crippen molar-refractivity contribution in [1.29, 1.82) is 0 Å². The molecule has 2 aromatic heterocycles. The maximum Gasteiger partial charge on any atom is 0.226 e. The molecule has 0 aliphatic heterocycles. The van der Waals surface area contributed by atoms with Gasteiger partial charge in [-0.25, -0.2) is 0 Å². The van der Waals surface area contributed by atoms with Gasteiger partial charge in [0.25, 0.3) is 0 Å². The first-order chi connectivity index (χ1) is 9.28. The summed E-state index contributed by atoms with van der Waals surface area (Å²) >= 11 is 3.56. The summed E-state index contributed by atoms with van der Waals surface area (Å²) in [5, 5.41) is 5.21.